The lowest BCUT2D eigenvalue weighted by atomic mass is 9.99. The second-order valence-corrected chi connectivity index (χ2v) is 12.7. The Bertz CT molecular complexity index is 1580. The van der Waals surface area contributed by atoms with Crippen molar-refractivity contribution in [3.05, 3.63) is 46.1 Å². The monoisotopic (exact) mass is 693 g/mol. The zero-order chi connectivity index (χ0) is 29.4. The van der Waals surface area contributed by atoms with Gasteiger partial charge in [0.05, 0.1) is 39.9 Å². The Morgan fingerprint density at radius 1 is 1.05 bits per heavy atom. The molecule has 3 fully saturated rings. The summed E-state index contributed by atoms with van der Waals surface area (Å²) in [5.74, 6) is -1.35. The quantitative estimate of drug-likeness (QED) is 0.311. The summed E-state index contributed by atoms with van der Waals surface area (Å²) in [4.78, 5) is 53.8. The largest absolute Gasteiger partial charge is 0.433 e. The summed E-state index contributed by atoms with van der Waals surface area (Å²) in [6.07, 6.45) is -3.23. The normalized spacial score (nSPS) is 21.0. The number of aryl methyl sites for hydroxylation is 1. The molecule has 44 heavy (non-hydrogen) atoms. The highest BCUT2D eigenvalue weighted by molar-refractivity contribution is 7.19. The maximum Gasteiger partial charge on any atom is 0.433 e. The van der Waals surface area contributed by atoms with E-state index < -0.39 is 11.9 Å². The molecule has 0 N–H and O–H groups in total. The number of nitrogens with zero attached hydrogens (tertiary/aromatic N) is 5. The highest BCUT2D eigenvalue weighted by Gasteiger charge is 2.72. The van der Waals surface area contributed by atoms with E-state index in [0.717, 1.165) is 12.6 Å². The number of hydrogen-bond donors (Lipinski definition) is 0. The summed E-state index contributed by atoms with van der Waals surface area (Å²) in [5.41, 5.74) is -0.247. The number of hydrogen-bond acceptors (Lipinski definition) is 7. The van der Waals surface area contributed by atoms with Gasteiger partial charge < -0.3 is 9.80 Å². The Labute approximate surface area is 275 Å². The van der Waals surface area contributed by atoms with Gasteiger partial charge in [0, 0.05) is 42.8 Å². The number of piperidine rings is 1. The van der Waals surface area contributed by atoms with Crippen molar-refractivity contribution in [3.63, 3.8) is 0 Å². The van der Waals surface area contributed by atoms with Crippen LogP contribution in [0.3, 0.4) is 0 Å². The molecule has 2 aliphatic heterocycles. The molecule has 2 saturated heterocycles. The van der Waals surface area contributed by atoms with Crippen LogP contribution in [0.5, 0.6) is 0 Å². The fourth-order valence-corrected chi connectivity index (χ4v) is 7.39. The molecule has 6 rings (SSSR count). The summed E-state index contributed by atoms with van der Waals surface area (Å²) < 4.78 is 42.2. The van der Waals surface area contributed by atoms with Crippen molar-refractivity contribution in [1.29, 1.82) is 0 Å². The van der Waals surface area contributed by atoms with Crippen molar-refractivity contribution < 1.29 is 27.6 Å². The molecule has 5 heterocycles. The number of piperazine rings is 1. The van der Waals surface area contributed by atoms with Gasteiger partial charge in [0.2, 0.25) is 11.8 Å². The van der Waals surface area contributed by atoms with E-state index in [1.165, 1.54) is 29.4 Å². The van der Waals surface area contributed by atoms with Gasteiger partial charge >= 0.3 is 6.18 Å². The van der Waals surface area contributed by atoms with Gasteiger partial charge in [0.15, 0.2) is 0 Å². The van der Waals surface area contributed by atoms with Crippen LogP contribution in [0.2, 0.25) is 0 Å². The van der Waals surface area contributed by atoms with Crippen LogP contribution in [0.15, 0.2) is 24.4 Å². The fraction of sp³-hybridized carbons (Fsp3) is 0.483. The van der Waals surface area contributed by atoms with Gasteiger partial charge in [-0.2, -0.15) is 13.2 Å². The maximum absolute atomic E-state index is 13.9. The van der Waals surface area contributed by atoms with Gasteiger partial charge in [0.25, 0.3) is 5.91 Å². The average molecular weight is 695 g/mol. The van der Waals surface area contributed by atoms with E-state index >= 15 is 0 Å². The van der Waals surface area contributed by atoms with Crippen LogP contribution in [-0.4, -0.2) is 75.1 Å². The highest BCUT2D eigenvalue weighted by Crippen LogP contribution is 2.63. The molecule has 0 bridgehead atoms. The Morgan fingerprint density at radius 2 is 1.66 bits per heavy atom. The molecule has 1 aliphatic carbocycles. The third-order valence-corrected chi connectivity index (χ3v) is 9.89. The molecule has 240 valence electrons. The number of imide groups is 1. The number of likely N-dealkylation sites (tertiary alicyclic amines) is 1. The van der Waals surface area contributed by atoms with Gasteiger partial charge in [-0.15, -0.1) is 48.6 Å². The van der Waals surface area contributed by atoms with E-state index in [1.54, 1.807) is 17.0 Å². The fourth-order valence-electron chi connectivity index (χ4n) is 6.28. The number of fused-ring (bicyclic) bond motifs is 2. The molecule has 0 spiro atoms. The lowest BCUT2D eigenvalue weighted by Gasteiger charge is -2.34. The lowest BCUT2D eigenvalue weighted by molar-refractivity contribution is -0.144. The number of pyridine rings is 2. The standard InChI is InChI=1S/C29H30F3N5O3S.3ClH/c1-5-35-8-10-36(11-9-35)25(38)20-15(2)12-19(29(30,31)32)34-23(20)17-6-7-33-18-13-16(41-24(17)18)14-37-26(39)21-22(27(37)40)28(21,3)4;;;/h6-7,12-13,21-22H,5,8-11,14H2,1-4H3;3*1H. The van der Waals surface area contributed by atoms with Crippen LogP contribution in [0, 0.1) is 24.2 Å². The zero-order valence-electron chi connectivity index (χ0n) is 24.4. The molecule has 15 heteroatoms. The Kier molecular flexibility index (Phi) is 10.4. The molecule has 0 radical (unpaired) electrons. The molecule has 3 aromatic heterocycles. The Balaban J connectivity index is 0.00000176. The van der Waals surface area contributed by atoms with E-state index in [9.17, 15) is 27.6 Å². The number of carbonyl (C=O) groups is 3. The van der Waals surface area contributed by atoms with Crippen LogP contribution >= 0.6 is 48.6 Å². The van der Waals surface area contributed by atoms with E-state index in [0.29, 0.717) is 46.8 Å². The van der Waals surface area contributed by atoms with Crippen molar-refractivity contribution in [2.75, 3.05) is 32.7 Å². The van der Waals surface area contributed by atoms with Crippen LogP contribution < -0.4 is 0 Å². The molecule has 2 unspecified atom stereocenters. The van der Waals surface area contributed by atoms with E-state index in [1.807, 2.05) is 20.8 Å². The average Bonchev–Trinajstić information content (AvgIpc) is 3.17. The number of alkyl halides is 3. The molecule has 3 aliphatic rings. The zero-order valence-corrected chi connectivity index (χ0v) is 27.7. The third-order valence-electron chi connectivity index (χ3n) is 8.75. The van der Waals surface area contributed by atoms with E-state index in [4.69, 9.17) is 0 Å². The molecular weight excluding hydrogens is 662 g/mol. The minimum absolute atomic E-state index is 0. The van der Waals surface area contributed by atoms with Gasteiger partial charge in [-0.1, -0.05) is 20.8 Å². The molecular formula is C29H33Cl3F3N5O3S. The smallest absolute Gasteiger partial charge is 0.336 e. The topological polar surface area (TPSA) is 86.7 Å². The number of likely N-dealkylation sites (N-methyl/N-ethyl adjacent to an activating group) is 1. The molecule has 1 saturated carbocycles. The number of halogens is 6. The summed E-state index contributed by atoms with van der Waals surface area (Å²) >= 11 is 1.24. The van der Waals surface area contributed by atoms with Gasteiger partial charge in [-0.05, 0) is 42.6 Å². The van der Waals surface area contributed by atoms with Crippen LogP contribution in [0.25, 0.3) is 21.5 Å². The van der Waals surface area contributed by atoms with Crippen LogP contribution in [-0.2, 0) is 22.3 Å². The van der Waals surface area contributed by atoms with Crippen molar-refractivity contribution in [3.8, 4) is 11.3 Å². The molecule has 2 atom stereocenters. The first kappa shape index (κ1) is 36.0. The second kappa shape index (κ2) is 12.7. The second-order valence-electron chi connectivity index (χ2n) is 11.6. The number of rotatable bonds is 5. The molecule has 3 aromatic rings. The summed E-state index contributed by atoms with van der Waals surface area (Å²) in [6, 6.07) is 4.24. The Morgan fingerprint density at radius 3 is 2.23 bits per heavy atom. The maximum atomic E-state index is 13.9. The predicted molar refractivity (Wildman–Crippen MR) is 169 cm³/mol. The first-order valence-corrected chi connectivity index (χ1v) is 14.5. The van der Waals surface area contributed by atoms with Gasteiger partial charge in [-0.3, -0.25) is 24.3 Å². The summed E-state index contributed by atoms with van der Waals surface area (Å²) in [5, 5.41) is 0. The SMILES string of the molecule is CCN1CCN(C(=O)c2c(C)cc(C(F)(F)F)nc2-c2ccnc3cc(CN4C(=O)C5C(C4=O)C5(C)C)sc23)CC1.Cl.Cl.Cl. The summed E-state index contributed by atoms with van der Waals surface area (Å²) in [6.45, 7) is 10.6. The van der Waals surface area contributed by atoms with Gasteiger partial charge in [-0.25, -0.2) is 4.98 Å². The minimum atomic E-state index is -4.70. The van der Waals surface area contributed by atoms with E-state index in [2.05, 4.69) is 14.9 Å². The molecule has 0 aromatic carbocycles. The first-order valence-electron chi connectivity index (χ1n) is 13.7. The molecule has 8 nitrogen and oxygen atoms in total. The van der Waals surface area contributed by atoms with Gasteiger partial charge in [0.1, 0.15) is 5.69 Å². The summed E-state index contributed by atoms with van der Waals surface area (Å²) in [7, 11) is 0. The number of amides is 3. The van der Waals surface area contributed by atoms with Crippen molar-refractivity contribution in [2.24, 2.45) is 17.3 Å². The number of thiophene rings is 1. The Hall–Kier alpha value is -2.51. The van der Waals surface area contributed by atoms with Crippen molar-refractivity contribution in [2.45, 2.75) is 40.4 Å². The predicted octanol–water partition coefficient (Wildman–Crippen LogP) is 5.87. The van der Waals surface area contributed by atoms with Crippen LogP contribution in [0.4, 0.5) is 13.2 Å². The molecule has 3 amide bonds. The highest BCUT2D eigenvalue weighted by atomic mass is 35.5. The lowest BCUT2D eigenvalue weighted by Crippen LogP contribution is -2.48. The third kappa shape index (κ3) is 5.91. The first-order chi connectivity index (χ1) is 19.3. The van der Waals surface area contributed by atoms with Crippen molar-refractivity contribution in [1.82, 2.24) is 24.7 Å². The number of carbonyl (C=O) groups excluding carboxylic acids is 3. The van der Waals surface area contributed by atoms with E-state index in [-0.39, 0.29) is 95.6 Å². The number of aromatic nitrogens is 2. The van der Waals surface area contributed by atoms with Crippen molar-refractivity contribution >= 4 is 76.5 Å². The minimum Gasteiger partial charge on any atom is -0.336 e. The van der Waals surface area contributed by atoms with Crippen LogP contribution in [0.1, 0.15) is 47.3 Å².